The van der Waals surface area contributed by atoms with Crippen LogP contribution in [0, 0.1) is 0 Å². The Morgan fingerprint density at radius 2 is 2.06 bits per heavy atom. The van der Waals surface area contributed by atoms with Crippen molar-refractivity contribution in [3.05, 3.63) is 34.3 Å². The molecule has 2 unspecified atom stereocenters. The van der Waals surface area contributed by atoms with Gasteiger partial charge in [0, 0.05) is 28.7 Å². The van der Waals surface area contributed by atoms with Crippen molar-refractivity contribution in [2.24, 2.45) is 5.73 Å². The molecule has 3 nitrogen and oxygen atoms in total. The summed E-state index contributed by atoms with van der Waals surface area (Å²) in [6.07, 6.45) is 1.79. The van der Waals surface area contributed by atoms with Gasteiger partial charge in [0.15, 0.2) is 0 Å². The van der Waals surface area contributed by atoms with Gasteiger partial charge in [-0.25, -0.2) is 0 Å². The molecule has 1 heterocycles. The standard InChI is InChI=1S/C13H17BrN2O/c1-9-8-12(15)6-7-16(9)13(17)10-2-4-11(14)5-3-10/h2-5,9,12H,6-8,15H2,1H3. The number of amides is 1. The molecule has 0 bridgehead atoms. The molecule has 1 aliphatic rings. The van der Waals surface area contributed by atoms with Crippen molar-refractivity contribution in [3.63, 3.8) is 0 Å². The number of nitrogens with two attached hydrogens (primary N) is 1. The van der Waals surface area contributed by atoms with Crippen molar-refractivity contribution in [1.82, 2.24) is 4.90 Å². The van der Waals surface area contributed by atoms with Crippen molar-refractivity contribution in [2.45, 2.75) is 31.8 Å². The lowest BCUT2D eigenvalue weighted by molar-refractivity contribution is 0.0619. The second kappa shape index (κ2) is 5.19. The molecule has 4 heteroatoms. The molecule has 17 heavy (non-hydrogen) atoms. The fraction of sp³-hybridized carbons (Fsp3) is 0.462. The van der Waals surface area contributed by atoms with Gasteiger partial charge >= 0.3 is 0 Å². The number of piperidine rings is 1. The van der Waals surface area contributed by atoms with Crippen LogP contribution in [-0.2, 0) is 0 Å². The van der Waals surface area contributed by atoms with Crippen molar-refractivity contribution in [2.75, 3.05) is 6.54 Å². The number of carbonyl (C=O) groups excluding carboxylic acids is 1. The van der Waals surface area contributed by atoms with E-state index in [1.165, 1.54) is 0 Å². The number of likely N-dealkylation sites (tertiary alicyclic amines) is 1. The molecule has 0 aromatic heterocycles. The van der Waals surface area contributed by atoms with E-state index in [1.807, 2.05) is 29.2 Å². The molecular weight excluding hydrogens is 280 g/mol. The third kappa shape index (κ3) is 2.87. The van der Waals surface area contributed by atoms with E-state index >= 15 is 0 Å². The van der Waals surface area contributed by atoms with E-state index < -0.39 is 0 Å². The van der Waals surface area contributed by atoms with E-state index in [0.29, 0.717) is 0 Å². The lowest BCUT2D eigenvalue weighted by Crippen LogP contribution is -2.48. The van der Waals surface area contributed by atoms with Gasteiger partial charge in [-0.3, -0.25) is 4.79 Å². The molecule has 0 radical (unpaired) electrons. The summed E-state index contributed by atoms with van der Waals surface area (Å²) in [6.45, 7) is 2.83. The number of carbonyl (C=O) groups is 1. The maximum absolute atomic E-state index is 12.3. The Balaban J connectivity index is 2.12. The maximum Gasteiger partial charge on any atom is 0.254 e. The highest BCUT2D eigenvalue weighted by Gasteiger charge is 2.27. The Bertz CT molecular complexity index is 404. The predicted molar refractivity (Wildman–Crippen MR) is 71.8 cm³/mol. The highest BCUT2D eigenvalue weighted by Crippen LogP contribution is 2.19. The van der Waals surface area contributed by atoms with Gasteiger partial charge in [0.2, 0.25) is 0 Å². The highest BCUT2D eigenvalue weighted by atomic mass is 79.9. The predicted octanol–water partition coefficient (Wildman–Crippen LogP) is 2.40. The Morgan fingerprint density at radius 1 is 1.41 bits per heavy atom. The van der Waals surface area contributed by atoms with Crippen molar-refractivity contribution in [3.8, 4) is 0 Å². The SMILES string of the molecule is CC1CC(N)CCN1C(=O)c1ccc(Br)cc1. The highest BCUT2D eigenvalue weighted by molar-refractivity contribution is 9.10. The van der Waals surface area contributed by atoms with Crippen LogP contribution in [-0.4, -0.2) is 29.4 Å². The van der Waals surface area contributed by atoms with Crippen LogP contribution in [0.4, 0.5) is 0 Å². The number of nitrogens with zero attached hydrogens (tertiary/aromatic N) is 1. The fourth-order valence-corrected chi connectivity index (χ4v) is 2.53. The molecule has 1 aliphatic heterocycles. The summed E-state index contributed by atoms with van der Waals surface area (Å²) >= 11 is 3.37. The summed E-state index contributed by atoms with van der Waals surface area (Å²) in [4.78, 5) is 14.2. The molecule has 1 aromatic rings. The summed E-state index contributed by atoms with van der Waals surface area (Å²) in [5.74, 6) is 0.108. The van der Waals surface area contributed by atoms with E-state index in [-0.39, 0.29) is 18.0 Å². The van der Waals surface area contributed by atoms with Crippen LogP contribution in [0.3, 0.4) is 0 Å². The van der Waals surface area contributed by atoms with Gasteiger partial charge in [0.05, 0.1) is 0 Å². The first-order valence-electron chi connectivity index (χ1n) is 5.90. The molecule has 1 saturated heterocycles. The monoisotopic (exact) mass is 296 g/mol. The van der Waals surface area contributed by atoms with Crippen LogP contribution in [0.5, 0.6) is 0 Å². The zero-order valence-corrected chi connectivity index (χ0v) is 11.5. The van der Waals surface area contributed by atoms with Gasteiger partial charge < -0.3 is 10.6 Å². The fourth-order valence-electron chi connectivity index (χ4n) is 2.27. The van der Waals surface area contributed by atoms with Gasteiger partial charge in [-0.1, -0.05) is 15.9 Å². The average molecular weight is 297 g/mol. The molecule has 1 aromatic carbocycles. The minimum atomic E-state index is 0.108. The third-order valence-electron chi connectivity index (χ3n) is 3.27. The summed E-state index contributed by atoms with van der Waals surface area (Å²) in [5.41, 5.74) is 6.65. The molecule has 2 rings (SSSR count). The van der Waals surface area contributed by atoms with E-state index in [9.17, 15) is 4.79 Å². The number of halogens is 1. The topological polar surface area (TPSA) is 46.3 Å². The van der Waals surface area contributed by atoms with E-state index in [1.54, 1.807) is 0 Å². The molecule has 92 valence electrons. The van der Waals surface area contributed by atoms with Crippen LogP contribution in [0.1, 0.15) is 30.1 Å². The quantitative estimate of drug-likeness (QED) is 0.865. The molecule has 0 saturated carbocycles. The van der Waals surface area contributed by atoms with Crippen LogP contribution in [0.25, 0.3) is 0 Å². The molecule has 0 spiro atoms. The number of hydrogen-bond acceptors (Lipinski definition) is 2. The lowest BCUT2D eigenvalue weighted by Gasteiger charge is -2.36. The van der Waals surface area contributed by atoms with Gasteiger partial charge in [-0.2, -0.15) is 0 Å². The van der Waals surface area contributed by atoms with Gasteiger partial charge in [-0.05, 0) is 44.0 Å². The van der Waals surface area contributed by atoms with Crippen LogP contribution < -0.4 is 5.73 Å². The van der Waals surface area contributed by atoms with E-state index in [2.05, 4.69) is 22.9 Å². The largest absolute Gasteiger partial charge is 0.336 e. The first kappa shape index (κ1) is 12.6. The Morgan fingerprint density at radius 3 is 2.65 bits per heavy atom. The van der Waals surface area contributed by atoms with E-state index in [4.69, 9.17) is 5.73 Å². The van der Waals surface area contributed by atoms with Crippen molar-refractivity contribution >= 4 is 21.8 Å². The summed E-state index contributed by atoms with van der Waals surface area (Å²) in [6, 6.07) is 7.97. The van der Waals surface area contributed by atoms with Gasteiger partial charge in [0.1, 0.15) is 0 Å². The average Bonchev–Trinajstić information content (AvgIpc) is 2.29. The first-order chi connectivity index (χ1) is 8.08. The van der Waals surface area contributed by atoms with Crippen LogP contribution >= 0.6 is 15.9 Å². The van der Waals surface area contributed by atoms with Gasteiger partial charge in [-0.15, -0.1) is 0 Å². The van der Waals surface area contributed by atoms with Crippen molar-refractivity contribution in [1.29, 1.82) is 0 Å². The van der Waals surface area contributed by atoms with Crippen LogP contribution in [0.2, 0.25) is 0 Å². The molecule has 0 aliphatic carbocycles. The maximum atomic E-state index is 12.3. The second-order valence-electron chi connectivity index (χ2n) is 4.64. The molecule has 1 amide bonds. The second-order valence-corrected chi connectivity index (χ2v) is 5.55. The van der Waals surface area contributed by atoms with Crippen molar-refractivity contribution < 1.29 is 4.79 Å². The molecule has 2 atom stereocenters. The van der Waals surface area contributed by atoms with E-state index in [0.717, 1.165) is 29.4 Å². The Kier molecular flexibility index (Phi) is 3.84. The zero-order valence-electron chi connectivity index (χ0n) is 9.90. The smallest absolute Gasteiger partial charge is 0.254 e. The summed E-state index contributed by atoms with van der Waals surface area (Å²) in [5, 5.41) is 0. The Hall–Kier alpha value is -0.870. The van der Waals surface area contributed by atoms with Crippen LogP contribution in [0.15, 0.2) is 28.7 Å². The van der Waals surface area contributed by atoms with Gasteiger partial charge in [0.25, 0.3) is 5.91 Å². The number of benzene rings is 1. The minimum absolute atomic E-state index is 0.108. The molecule has 1 fully saturated rings. The number of rotatable bonds is 1. The number of hydrogen-bond donors (Lipinski definition) is 1. The minimum Gasteiger partial charge on any atom is -0.336 e. The molecule has 2 N–H and O–H groups in total. The first-order valence-corrected chi connectivity index (χ1v) is 6.69. The normalized spacial score (nSPS) is 24.8. The zero-order chi connectivity index (χ0) is 12.4. The Labute approximate surface area is 110 Å². The summed E-state index contributed by atoms with van der Waals surface area (Å²) < 4.78 is 0.989. The lowest BCUT2D eigenvalue weighted by atomic mass is 9.98. The molecular formula is C13H17BrN2O. The third-order valence-corrected chi connectivity index (χ3v) is 3.80. The summed E-state index contributed by atoms with van der Waals surface area (Å²) in [7, 11) is 0.